The number of hydrogen-bond acceptors (Lipinski definition) is 13. The first-order chi connectivity index (χ1) is 31.2. The molecule has 7 N–H and O–H groups in total. The summed E-state index contributed by atoms with van der Waals surface area (Å²) in [5, 5.41) is 12.1. The van der Waals surface area contributed by atoms with Gasteiger partial charge in [-0.2, -0.15) is 18.8 Å². The van der Waals surface area contributed by atoms with Crippen LogP contribution in [0.25, 0.3) is 22.5 Å². The lowest BCUT2D eigenvalue weighted by atomic mass is 9.88. The van der Waals surface area contributed by atoms with Gasteiger partial charge >= 0.3 is 0 Å². The van der Waals surface area contributed by atoms with E-state index in [0.717, 1.165) is 24.0 Å². The number of aromatic nitrogens is 2. The number of fused-ring (bicyclic) bond motifs is 5. The maximum absolute atomic E-state index is 14.7. The molecule has 2 heterocycles. The van der Waals surface area contributed by atoms with Crippen LogP contribution in [-0.4, -0.2) is 90.0 Å². The molecule has 0 radical (unpaired) electrons. The first-order valence-electron chi connectivity index (χ1n) is 22.3. The summed E-state index contributed by atoms with van der Waals surface area (Å²) in [7, 11) is 1.50. The Bertz CT molecular complexity index is 2420. The topological polar surface area (TPSA) is 247 Å². The lowest BCUT2D eigenvalue weighted by molar-refractivity contribution is -0.142. The summed E-state index contributed by atoms with van der Waals surface area (Å²) < 4.78 is 12.2. The van der Waals surface area contributed by atoms with Gasteiger partial charge in [-0.05, 0) is 86.2 Å². The number of ketones is 3. The van der Waals surface area contributed by atoms with E-state index in [1.807, 2.05) is 25.1 Å². The minimum absolute atomic E-state index is 0. The summed E-state index contributed by atoms with van der Waals surface area (Å²) in [6.45, 7) is 8.32. The van der Waals surface area contributed by atoms with Crippen LogP contribution in [0.1, 0.15) is 96.7 Å². The summed E-state index contributed by atoms with van der Waals surface area (Å²) in [5.74, 6) is -2.67. The number of likely N-dealkylation sites (N-methyl/N-ethyl adjacent to an activating group) is 1. The first kappa shape index (κ1) is 52.6. The molecule has 66 heavy (non-hydrogen) atoms. The Morgan fingerprint density at radius 1 is 0.924 bits per heavy atom. The molecule has 1 aromatic heterocycles. The molecule has 4 bridgehead atoms. The standard InChI is InChI=1S/C50H62N8O7.H2S/c1-6-8-33-10-13-37(30(2)23-33)48-55-29-40(32(4)56-48)43(60)28-36(16-18-52)50(63)58(5)47-35-12-15-46(65-22-20-54)39(27-35)38-25-34(11-14-45(38)64-21-19-53)26-41(42(59)9-7-17-51)57-49(62)31(3)24-44(47)61;/h10-15,23,25,27,29,31,36,41,47H,6-9,16,18-22,24,26,28,52-54H2,1-5H3,(H,57,62);1H2/t31-,36-,41+,47+;/m1./s1. The van der Waals surface area contributed by atoms with E-state index in [1.165, 1.54) is 23.7 Å². The summed E-state index contributed by atoms with van der Waals surface area (Å²) in [4.78, 5) is 81.4. The Kier molecular flexibility index (Phi) is 20.0. The van der Waals surface area contributed by atoms with Crippen LogP contribution in [0.2, 0.25) is 0 Å². The van der Waals surface area contributed by atoms with Gasteiger partial charge in [-0.3, -0.25) is 24.0 Å². The van der Waals surface area contributed by atoms with Crippen molar-refractivity contribution in [2.45, 2.75) is 91.1 Å². The SMILES string of the molecule is CCCc1ccc(-c2ncc(C(=O)C[C@@H](CCN)C(=O)N(C)[C@@H]3C(=O)C[C@@H](C)C(=O)N[C@H](C(=O)CCC#N)Cc4ccc(OCCN)c(c4)-c4cc3ccc4OCCN)c(C)n2)c(C)c1.S. The van der Waals surface area contributed by atoms with E-state index in [-0.39, 0.29) is 102 Å². The van der Waals surface area contributed by atoms with Gasteiger partial charge in [-0.25, -0.2) is 9.97 Å². The largest absolute Gasteiger partial charge is 0.492 e. The van der Waals surface area contributed by atoms with E-state index in [0.29, 0.717) is 45.3 Å². The van der Waals surface area contributed by atoms with Crippen molar-refractivity contribution >= 4 is 42.7 Å². The summed E-state index contributed by atoms with van der Waals surface area (Å²) in [5.41, 5.74) is 23.8. The zero-order chi connectivity index (χ0) is 47.2. The minimum atomic E-state index is -1.24. The number of rotatable bonds is 19. The van der Waals surface area contributed by atoms with Crippen LogP contribution in [0.5, 0.6) is 11.5 Å². The van der Waals surface area contributed by atoms with Gasteiger partial charge in [0, 0.05) is 80.5 Å². The van der Waals surface area contributed by atoms with E-state index >= 15 is 0 Å². The summed E-state index contributed by atoms with van der Waals surface area (Å²) in [6, 6.07) is 16.4. The molecule has 0 fully saturated rings. The maximum atomic E-state index is 14.7. The van der Waals surface area contributed by atoms with Gasteiger partial charge in [-0.1, -0.05) is 50.6 Å². The van der Waals surface area contributed by atoms with Crippen molar-refractivity contribution < 1.29 is 33.4 Å². The van der Waals surface area contributed by atoms with Crippen LogP contribution < -0.4 is 32.0 Å². The number of amides is 2. The summed E-state index contributed by atoms with van der Waals surface area (Å²) in [6.07, 6.45) is 3.11. The molecule has 16 heteroatoms. The van der Waals surface area contributed by atoms with Crippen molar-refractivity contribution in [3.63, 3.8) is 0 Å². The highest BCUT2D eigenvalue weighted by Crippen LogP contribution is 2.41. The number of hydrogen-bond donors (Lipinski definition) is 4. The quantitative estimate of drug-likeness (QED) is 0.0860. The van der Waals surface area contributed by atoms with Crippen LogP contribution in [0, 0.1) is 37.0 Å². The number of Topliss-reactive ketones (excluding diaryl/α,β-unsaturated/α-hetero) is 3. The van der Waals surface area contributed by atoms with E-state index in [1.54, 1.807) is 44.2 Å². The van der Waals surface area contributed by atoms with Gasteiger partial charge in [0.15, 0.2) is 23.2 Å². The fourth-order valence-corrected chi connectivity index (χ4v) is 8.27. The number of nitrogens with one attached hydrogen (secondary N) is 1. The van der Waals surface area contributed by atoms with Crippen LogP contribution in [0.15, 0.2) is 60.8 Å². The third-order valence-corrected chi connectivity index (χ3v) is 11.7. The number of aryl methyl sites for hydroxylation is 3. The maximum Gasteiger partial charge on any atom is 0.226 e. The molecule has 0 unspecified atom stereocenters. The predicted octanol–water partition coefficient (Wildman–Crippen LogP) is 5.41. The average molecular weight is 921 g/mol. The van der Waals surface area contributed by atoms with Crippen molar-refractivity contribution in [3.05, 3.63) is 94.3 Å². The lowest BCUT2D eigenvalue weighted by Crippen LogP contribution is -2.46. The van der Waals surface area contributed by atoms with Gasteiger partial charge in [0.05, 0.1) is 23.4 Å². The highest BCUT2D eigenvalue weighted by atomic mass is 32.1. The van der Waals surface area contributed by atoms with Crippen LogP contribution in [-0.2, 0) is 32.0 Å². The molecule has 352 valence electrons. The second-order valence-electron chi connectivity index (χ2n) is 16.7. The molecule has 3 aromatic carbocycles. The fourth-order valence-electron chi connectivity index (χ4n) is 8.27. The molecule has 0 saturated carbocycles. The Balaban J connectivity index is 0.00000952. The van der Waals surface area contributed by atoms with Crippen molar-refractivity contribution in [1.82, 2.24) is 20.2 Å². The third kappa shape index (κ3) is 13.1. The summed E-state index contributed by atoms with van der Waals surface area (Å²) >= 11 is 0. The lowest BCUT2D eigenvalue weighted by Gasteiger charge is -2.32. The first-order valence-corrected chi connectivity index (χ1v) is 22.3. The molecule has 15 nitrogen and oxygen atoms in total. The number of benzene rings is 3. The molecule has 2 amide bonds. The fraction of sp³-hybridized carbons (Fsp3) is 0.440. The number of carbonyl (C=O) groups excluding carboxylic acids is 5. The number of nitriles is 1. The highest BCUT2D eigenvalue weighted by molar-refractivity contribution is 7.59. The number of nitrogens with zero attached hydrogens (tertiary/aromatic N) is 4. The molecule has 5 rings (SSSR count). The van der Waals surface area contributed by atoms with Gasteiger partial charge < -0.3 is 36.9 Å². The van der Waals surface area contributed by atoms with Crippen LogP contribution in [0.4, 0.5) is 0 Å². The minimum Gasteiger partial charge on any atom is -0.492 e. The zero-order valence-corrected chi connectivity index (χ0v) is 39.7. The predicted molar refractivity (Wildman–Crippen MR) is 258 cm³/mol. The zero-order valence-electron chi connectivity index (χ0n) is 38.7. The Labute approximate surface area is 394 Å². The number of nitrogens with two attached hydrogens (primary N) is 3. The van der Waals surface area contributed by atoms with Crippen molar-refractivity contribution in [2.24, 2.45) is 29.0 Å². The molecule has 0 saturated heterocycles. The van der Waals surface area contributed by atoms with Crippen LogP contribution >= 0.6 is 13.5 Å². The smallest absolute Gasteiger partial charge is 0.226 e. The van der Waals surface area contributed by atoms with Gasteiger partial charge in [0.1, 0.15) is 30.8 Å². The highest BCUT2D eigenvalue weighted by Gasteiger charge is 2.36. The van der Waals surface area contributed by atoms with Crippen molar-refractivity contribution in [3.8, 4) is 40.1 Å². The average Bonchev–Trinajstić information content (AvgIpc) is 3.28. The second-order valence-corrected chi connectivity index (χ2v) is 16.7. The monoisotopic (exact) mass is 920 g/mol. The molecule has 0 spiro atoms. The third-order valence-electron chi connectivity index (χ3n) is 11.7. The van der Waals surface area contributed by atoms with E-state index < -0.39 is 41.5 Å². The molecule has 1 aliphatic rings. The number of carbonyl (C=O) groups is 5. The Morgan fingerprint density at radius 2 is 1.61 bits per heavy atom. The Morgan fingerprint density at radius 3 is 2.23 bits per heavy atom. The second kappa shape index (κ2) is 25.1. The molecule has 4 aromatic rings. The van der Waals surface area contributed by atoms with E-state index in [9.17, 15) is 29.2 Å². The number of ether oxygens (including phenoxy) is 2. The van der Waals surface area contributed by atoms with Crippen molar-refractivity contribution in [2.75, 3.05) is 39.9 Å². The van der Waals surface area contributed by atoms with Crippen molar-refractivity contribution in [1.29, 1.82) is 5.26 Å². The molecular formula is C50H64N8O7S. The van der Waals surface area contributed by atoms with E-state index in [4.69, 9.17) is 31.7 Å². The molecule has 4 atom stereocenters. The Hall–Kier alpha value is -5.99. The van der Waals surface area contributed by atoms with Gasteiger partial charge in [0.25, 0.3) is 0 Å². The van der Waals surface area contributed by atoms with Crippen LogP contribution in [0.3, 0.4) is 0 Å². The molecule has 0 aliphatic carbocycles. The van der Waals surface area contributed by atoms with Gasteiger partial charge in [-0.15, -0.1) is 0 Å². The molecular weight excluding hydrogens is 857 g/mol. The molecule has 1 aliphatic heterocycles. The van der Waals surface area contributed by atoms with Gasteiger partial charge in [0.2, 0.25) is 11.8 Å². The normalized spacial score (nSPS) is 16.4. The van der Waals surface area contributed by atoms with E-state index in [2.05, 4.69) is 29.4 Å².